The van der Waals surface area contributed by atoms with Crippen LogP contribution in [0.3, 0.4) is 0 Å². The Hall–Kier alpha value is -0.570. The van der Waals surface area contributed by atoms with Crippen LogP contribution < -0.4 is 0 Å². The number of aliphatic hydroxyl groups is 1. The molecule has 0 amide bonds. The molecule has 0 aliphatic rings. The van der Waals surface area contributed by atoms with Crippen LogP contribution in [0.1, 0.15) is 26.7 Å². The molecular formula is C8H16O3. The lowest BCUT2D eigenvalue weighted by molar-refractivity contribution is -0.145. The van der Waals surface area contributed by atoms with E-state index in [0.29, 0.717) is 13.0 Å². The molecule has 0 saturated carbocycles. The number of carbonyl (C=O) groups excluding carboxylic acids is 1. The molecule has 0 aromatic carbocycles. The van der Waals surface area contributed by atoms with Crippen molar-refractivity contribution in [2.24, 2.45) is 5.92 Å². The van der Waals surface area contributed by atoms with Gasteiger partial charge in [-0.1, -0.05) is 13.8 Å². The summed E-state index contributed by atoms with van der Waals surface area (Å²) < 4.78 is 4.84. The molecule has 0 aliphatic heterocycles. The number of aliphatic hydroxyl groups excluding tert-OH is 1. The fourth-order valence-corrected chi connectivity index (χ4v) is 0.613. The Morgan fingerprint density at radius 1 is 1.55 bits per heavy atom. The Bertz CT molecular complexity index is 108. The van der Waals surface area contributed by atoms with Crippen LogP contribution in [-0.2, 0) is 9.53 Å². The molecule has 1 unspecified atom stereocenters. The van der Waals surface area contributed by atoms with Crippen molar-refractivity contribution in [2.75, 3.05) is 13.2 Å². The first-order valence-corrected chi connectivity index (χ1v) is 4.01. The van der Waals surface area contributed by atoms with Gasteiger partial charge < -0.3 is 9.84 Å². The zero-order valence-electron chi connectivity index (χ0n) is 7.17. The molecule has 0 rings (SSSR count). The molecule has 11 heavy (non-hydrogen) atoms. The van der Waals surface area contributed by atoms with Gasteiger partial charge >= 0.3 is 5.97 Å². The van der Waals surface area contributed by atoms with Crippen molar-refractivity contribution >= 4 is 5.97 Å². The predicted molar refractivity (Wildman–Crippen MR) is 42.1 cm³/mol. The second kappa shape index (κ2) is 6.16. The Morgan fingerprint density at radius 2 is 2.18 bits per heavy atom. The Labute approximate surface area is 67.4 Å². The van der Waals surface area contributed by atoms with E-state index in [1.165, 1.54) is 0 Å². The molecule has 0 fully saturated rings. The molecule has 0 aromatic rings. The molecule has 66 valence electrons. The van der Waals surface area contributed by atoms with Crippen molar-refractivity contribution in [3.63, 3.8) is 0 Å². The molecule has 0 radical (unpaired) electrons. The molecule has 1 atom stereocenters. The first kappa shape index (κ1) is 10.4. The lowest BCUT2D eigenvalue weighted by atomic mass is 10.1. The number of hydrogen-bond donors (Lipinski definition) is 1. The molecule has 0 saturated heterocycles. The van der Waals surface area contributed by atoms with Crippen molar-refractivity contribution < 1.29 is 14.6 Å². The monoisotopic (exact) mass is 160 g/mol. The summed E-state index contributed by atoms with van der Waals surface area (Å²) in [5.41, 5.74) is 0. The molecule has 0 aromatic heterocycles. The van der Waals surface area contributed by atoms with Crippen LogP contribution in [0.4, 0.5) is 0 Å². The van der Waals surface area contributed by atoms with E-state index in [2.05, 4.69) is 0 Å². The Morgan fingerprint density at radius 3 is 2.55 bits per heavy atom. The molecule has 3 nitrogen and oxygen atoms in total. The first-order valence-electron chi connectivity index (χ1n) is 4.01. The number of ether oxygens (including phenoxy) is 1. The van der Waals surface area contributed by atoms with Crippen LogP contribution in [0, 0.1) is 5.92 Å². The van der Waals surface area contributed by atoms with Crippen molar-refractivity contribution in [2.45, 2.75) is 26.7 Å². The third kappa shape index (κ3) is 4.79. The lowest BCUT2D eigenvalue weighted by Crippen LogP contribution is -2.15. The van der Waals surface area contributed by atoms with E-state index in [0.717, 1.165) is 6.42 Å². The summed E-state index contributed by atoms with van der Waals surface area (Å²) in [6.07, 6.45) is 1.25. The molecule has 0 aliphatic carbocycles. The lowest BCUT2D eigenvalue weighted by Gasteiger charge is -2.10. The second-order valence-corrected chi connectivity index (χ2v) is 2.49. The first-order chi connectivity index (χ1) is 5.24. The van der Waals surface area contributed by atoms with Crippen molar-refractivity contribution in [1.82, 2.24) is 0 Å². The van der Waals surface area contributed by atoms with Gasteiger partial charge in [0.05, 0.1) is 6.61 Å². The second-order valence-electron chi connectivity index (χ2n) is 2.49. The SMILES string of the molecule is CCC(=O)OCC(CC)CO. The number of esters is 1. The average Bonchev–Trinajstić information content (AvgIpc) is 2.06. The maximum atomic E-state index is 10.6. The number of rotatable bonds is 5. The summed E-state index contributed by atoms with van der Waals surface area (Å²) in [4.78, 5) is 10.6. The van der Waals surface area contributed by atoms with Crippen LogP contribution in [0.5, 0.6) is 0 Å². The highest BCUT2D eigenvalue weighted by molar-refractivity contribution is 5.68. The van der Waals surface area contributed by atoms with Gasteiger partial charge in [-0.25, -0.2) is 0 Å². The highest BCUT2D eigenvalue weighted by Crippen LogP contribution is 2.01. The summed E-state index contributed by atoms with van der Waals surface area (Å²) in [7, 11) is 0. The fourth-order valence-electron chi connectivity index (χ4n) is 0.613. The molecule has 0 spiro atoms. The van der Waals surface area contributed by atoms with E-state index in [1.54, 1.807) is 6.92 Å². The van der Waals surface area contributed by atoms with Crippen molar-refractivity contribution in [3.8, 4) is 0 Å². The standard InChI is InChI=1S/C8H16O3/c1-3-7(5-9)6-11-8(10)4-2/h7,9H,3-6H2,1-2H3. The summed E-state index contributed by atoms with van der Waals surface area (Å²) in [6, 6.07) is 0. The third-order valence-electron chi connectivity index (χ3n) is 1.60. The molecular weight excluding hydrogens is 144 g/mol. The van der Waals surface area contributed by atoms with E-state index < -0.39 is 0 Å². The van der Waals surface area contributed by atoms with Crippen molar-refractivity contribution in [1.29, 1.82) is 0 Å². The van der Waals surface area contributed by atoms with Gasteiger partial charge in [-0.2, -0.15) is 0 Å². The van der Waals surface area contributed by atoms with Gasteiger partial charge in [-0.3, -0.25) is 4.79 Å². The topological polar surface area (TPSA) is 46.5 Å². The van der Waals surface area contributed by atoms with Crippen LogP contribution >= 0.6 is 0 Å². The molecule has 1 N–H and O–H groups in total. The largest absolute Gasteiger partial charge is 0.465 e. The highest BCUT2D eigenvalue weighted by Gasteiger charge is 2.06. The third-order valence-corrected chi connectivity index (χ3v) is 1.60. The van der Waals surface area contributed by atoms with Crippen LogP contribution in [0.15, 0.2) is 0 Å². The number of hydrogen-bond acceptors (Lipinski definition) is 3. The van der Waals surface area contributed by atoms with E-state index in [9.17, 15) is 4.79 Å². The van der Waals surface area contributed by atoms with Crippen LogP contribution in [0.25, 0.3) is 0 Å². The zero-order chi connectivity index (χ0) is 8.69. The van der Waals surface area contributed by atoms with Gasteiger partial charge in [0, 0.05) is 18.9 Å². The Balaban J connectivity index is 3.42. The highest BCUT2D eigenvalue weighted by atomic mass is 16.5. The smallest absolute Gasteiger partial charge is 0.305 e. The summed E-state index contributed by atoms with van der Waals surface area (Å²) in [6.45, 7) is 4.15. The molecule has 0 heterocycles. The van der Waals surface area contributed by atoms with Gasteiger partial charge in [-0.15, -0.1) is 0 Å². The quantitative estimate of drug-likeness (QED) is 0.609. The van der Waals surface area contributed by atoms with Gasteiger partial charge in [0.25, 0.3) is 0 Å². The van der Waals surface area contributed by atoms with E-state index >= 15 is 0 Å². The van der Waals surface area contributed by atoms with Crippen LogP contribution in [-0.4, -0.2) is 24.3 Å². The van der Waals surface area contributed by atoms with E-state index in [-0.39, 0.29) is 18.5 Å². The summed E-state index contributed by atoms with van der Waals surface area (Å²) >= 11 is 0. The minimum absolute atomic E-state index is 0.0908. The normalized spacial score (nSPS) is 12.6. The number of carbonyl (C=O) groups is 1. The van der Waals surface area contributed by atoms with E-state index in [1.807, 2.05) is 6.92 Å². The predicted octanol–water partition coefficient (Wildman–Crippen LogP) is 0.958. The Kier molecular flexibility index (Phi) is 5.84. The maximum absolute atomic E-state index is 10.6. The summed E-state index contributed by atoms with van der Waals surface area (Å²) in [5.74, 6) is -0.0950. The van der Waals surface area contributed by atoms with Gasteiger partial charge in [0.15, 0.2) is 0 Å². The minimum Gasteiger partial charge on any atom is -0.465 e. The molecule has 0 bridgehead atoms. The molecule has 3 heteroatoms. The minimum atomic E-state index is -0.197. The average molecular weight is 160 g/mol. The van der Waals surface area contributed by atoms with Gasteiger partial charge in [-0.05, 0) is 6.42 Å². The fraction of sp³-hybridized carbons (Fsp3) is 0.875. The van der Waals surface area contributed by atoms with Crippen molar-refractivity contribution in [3.05, 3.63) is 0 Å². The van der Waals surface area contributed by atoms with Gasteiger partial charge in [0.1, 0.15) is 0 Å². The maximum Gasteiger partial charge on any atom is 0.305 e. The summed E-state index contributed by atoms with van der Waals surface area (Å²) in [5, 5.41) is 8.72. The van der Waals surface area contributed by atoms with Gasteiger partial charge in [0.2, 0.25) is 0 Å². The van der Waals surface area contributed by atoms with E-state index in [4.69, 9.17) is 9.84 Å². The van der Waals surface area contributed by atoms with Crippen LogP contribution in [0.2, 0.25) is 0 Å². The zero-order valence-corrected chi connectivity index (χ0v) is 7.17.